The summed E-state index contributed by atoms with van der Waals surface area (Å²) >= 11 is 0. The lowest BCUT2D eigenvalue weighted by Crippen LogP contribution is -2.55. The van der Waals surface area contributed by atoms with Crippen molar-refractivity contribution in [1.29, 1.82) is 5.26 Å². The third-order valence-corrected chi connectivity index (χ3v) is 6.64. The maximum Gasteiger partial charge on any atom is 0.119 e. The molecule has 0 amide bonds. The molecule has 5 atom stereocenters. The first-order chi connectivity index (χ1) is 16.0. The number of nitrogens with zero attached hydrogens (tertiary/aromatic N) is 1. The molecule has 2 fully saturated rings. The topological polar surface area (TPSA) is 123 Å². The molecule has 1 saturated carbocycles. The molecule has 1 unspecified atom stereocenters. The van der Waals surface area contributed by atoms with E-state index < -0.39 is 37.1 Å². The first-order valence-electron chi connectivity index (χ1n) is 11.6. The Bertz CT molecular complexity index is 964. The molecule has 176 valence electrons. The van der Waals surface area contributed by atoms with Gasteiger partial charge in [-0.1, -0.05) is 30.7 Å². The zero-order valence-electron chi connectivity index (χ0n) is 18.5. The van der Waals surface area contributed by atoms with Gasteiger partial charge in [-0.3, -0.25) is 0 Å². The zero-order valence-corrected chi connectivity index (χ0v) is 18.5. The van der Waals surface area contributed by atoms with Gasteiger partial charge in [-0.05, 0) is 67.0 Å². The minimum atomic E-state index is -1.45. The van der Waals surface area contributed by atoms with Gasteiger partial charge in [-0.25, -0.2) is 0 Å². The highest BCUT2D eigenvalue weighted by atomic mass is 16.5. The number of benzene rings is 2. The highest BCUT2D eigenvalue weighted by Crippen LogP contribution is 2.33. The number of ether oxygens (including phenoxy) is 2. The van der Waals surface area contributed by atoms with Gasteiger partial charge in [0, 0.05) is 0 Å². The van der Waals surface area contributed by atoms with Crippen LogP contribution in [0, 0.1) is 11.3 Å². The fourth-order valence-electron chi connectivity index (χ4n) is 4.70. The van der Waals surface area contributed by atoms with Crippen LogP contribution in [-0.2, 0) is 11.2 Å². The Balaban J connectivity index is 1.51. The molecule has 4 rings (SSSR count). The Kier molecular flexibility index (Phi) is 7.63. The summed E-state index contributed by atoms with van der Waals surface area (Å²) < 4.78 is 11.8. The van der Waals surface area contributed by atoms with Crippen LogP contribution in [0.5, 0.6) is 5.75 Å². The highest BCUT2D eigenvalue weighted by molar-refractivity contribution is 5.44. The van der Waals surface area contributed by atoms with E-state index >= 15 is 0 Å². The molecule has 7 heteroatoms. The first kappa shape index (κ1) is 23.7. The molecule has 0 spiro atoms. The summed E-state index contributed by atoms with van der Waals surface area (Å²) in [6, 6.07) is 15.2. The standard InChI is InChI=1S/C26H31NO6/c27-14-18-9-8-17(26-25(31)24(30)23(29)22(15-28)33-26)13-19(18)12-16-6-10-21(11-7-16)32-20-4-2-1-3-5-20/h6-11,13,20,22-26,28-31H,1-5,12,15H2/t22?,23-,24+,25-,26+/m1/s1. The lowest BCUT2D eigenvalue weighted by atomic mass is 9.89. The van der Waals surface area contributed by atoms with E-state index in [0.29, 0.717) is 17.5 Å². The van der Waals surface area contributed by atoms with E-state index in [2.05, 4.69) is 6.07 Å². The van der Waals surface area contributed by atoms with Crippen LogP contribution in [0.25, 0.3) is 0 Å². The van der Waals surface area contributed by atoms with Crippen LogP contribution in [-0.4, -0.2) is 57.6 Å². The molecule has 1 aliphatic carbocycles. The van der Waals surface area contributed by atoms with Gasteiger partial charge in [0.05, 0.1) is 24.3 Å². The van der Waals surface area contributed by atoms with Crippen LogP contribution in [0.3, 0.4) is 0 Å². The van der Waals surface area contributed by atoms with Gasteiger partial charge in [-0.2, -0.15) is 5.26 Å². The molecule has 33 heavy (non-hydrogen) atoms. The van der Waals surface area contributed by atoms with E-state index in [1.165, 1.54) is 19.3 Å². The van der Waals surface area contributed by atoms with E-state index in [4.69, 9.17) is 9.47 Å². The number of hydrogen-bond donors (Lipinski definition) is 4. The van der Waals surface area contributed by atoms with Crippen molar-refractivity contribution in [2.24, 2.45) is 0 Å². The van der Waals surface area contributed by atoms with Gasteiger partial charge >= 0.3 is 0 Å². The van der Waals surface area contributed by atoms with E-state index in [1.807, 2.05) is 24.3 Å². The van der Waals surface area contributed by atoms with Crippen LogP contribution in [0.4, 0.5) is 0 Å². The van der Waals surface area contributed by atoms with E-state index in [-0.39, 0.29) is 6.10 Å². The van der Waals surface area contributed by atoms with Crippen molar-refractivity contribution < 1.29 is 29.9 Å². The third kappa shape index (κ3) is 5.37. The molecule has 0 aromatic heterocycles. The van der Waals surface area contributed by atoms with Gasteiger partial charge in [0.25, 0.3) is 0 Å². The second-order valence-electron chi connectivity index (χ2n) is 8.98. The van der Waals surface area contributed by atoms with Crippen molar-refractivity contribution in [3.05, 3.63) is 64.7 Å². The van der Waals surface area contributed by atoms with Crippen molar-refractivity contribution in [3.63, 3.8) is 0 Å². The summed E-state index contributed by atoms with van der Waals surface area (Å²) in [6.45, 7) is -0.486. The Morgan fingerprint density at radius 1 is 0.939 bits per heavy atom. The van der Waals surface area contributed by atoms with E-state index in [0.717, 1.165) is 29.7 Å². The normalized spacial score (nSPS) is 28.3. The number of aliphatic hydroxyl groups is 4. The Hall–Kier alpha value is -2.47. The second kappa shape index (κ2) is 10.6. The van der Waals surface area contributed by atoms with Crippen LogP contribution >= 0.6 is 0 Å². The largest absolute Gasteiger partial charge is 0.490 e. The van der Waals surface area contributed by atoms with Gasteiger partial charge in [0.1, 0.15) is 36.3 Å². The van der Waals surface area contributed by atoms with Gasteiger partial charge in [0.2, 0.25) is 0 Å². The summed E-state index contributed by atoms with van der Waals surface area (Å²) in [5.41, 5.74) is 2.84. The van der Waals surface area contributed by atoms with Crippen molar-refractivity contribution in [2.75, 3.05) is 6.61 Å². The maximum atomic E-state index is 10.5. The lowest BCUT2D eigenvalue weighted by molar-refractivity contribution is -0.231. The average Bonchev–Trinajstić information content (AvgIpc) is 2.85. The molecule has 0 bridgehead atoms. The molecule has 1 heterocycles. The zero-order chi connectivity index (χ0) is 23.4. The minimum Gasteiger partial charge on any atom is -0.490 e. The molecule has 2 aromatic rings. The monoisotopic (exact) mass is 453 g/mol. The Labute approximate surface area is 193 Å². The van der Waals surface area contributed by atoms with Crippen LogP contribution in [0.1, 0.15) is 60.5 Å². The molecule has 2 aromatic carbocycles. The van der Waals surface area contributed by atoms with Gasteiger partial charge < -0.3 is 29.9 Å². The van der Waals surface area contributed by atoms with E-state index in [9.17, 15) is 25.7 Å². The summed E-state index contributed by atoms with van der Waals surface area (Å²) in [5.74, 6) is 0.848. The van der Waals surface area contributed by atoms with Crippen LogP contribution in [0.2, 0.25) is 0 Å². The number of rotatable bonds is 6. The van der Waals surface area contributed by atoms with Crippen molar-refractivity contribution in [2.45, 2.75) is 75.1 Å². The number of nitriles is 1. The Morgan fingerprint density at radius 3 is 2.33 bits per heavy atom. The summed E-state index contributed by atoms with van der Waals surface area (Å²) in [5, 5.41) is 49.6. The molecule has 1 saturated heterocycles. The van der Waals surface area contributed by atoms with Crippen molar-refractivity contribution >= 4 is 0 Å². The summed E-state index contributed by atoms with van der Waals surface area (Å²) in [7, 11) is 0. The van der Waals surface area contributed by atoms with E-state index in [1.54, 1.807) is 18.2 Å². The van der Waals surface area contributed by atoms with Crippen LogP contribution < -0.4 is 4.74 Å². The molecule has 0 radical (unpaired) electrons. The smallest absolute Gasteiger partial charge is 0.119 e. The fraction of sp³-hybridized carbons (Fsp3) is 0.500. The fourth-order valence-corrected chi connectivity index (χ4v) is 4.70. The third-order valence-electron chi connectivity index (χ3n) is 6.64. The summed E-state index contributed by atoms with van der Waals surface area (Å²) in [4.78, 5) is 0. The predicted octanol–water partition coefficient (Wildman–Crippen LogP) is 2.38. The molecule has 4 N–H and O–H groups in total. The molecule has 2 aliphatic rings. The number of hydrogen-bond acceptors (Lipinski definition) is 7. The highest BCUT2D eigenvalue weighted by Gasteiger charge is 2.44. The number of aliphatic hydroxyl groups excluding tert-OH is 4. The quantitative estimate of drug-likeness (QED) is 0.529. The lowest BCUT2D eigenvalue weighted by Gasteiger charge is -2.40. The maximum absolute atomic E-state index is 10.5. The van der Waals surface area contributed by atoms with Crippen molar-refractivity contribution in [1.82, 2.24) is 0 Å². The van der Waals surface area contributed by atoms with Gasteiger partial charge in [0.15, 0.2) is 0 Å². The first-order valence-corrected chi connectivity index (χ1v) is 11.6. The minimum absolute atomic E-state index is 0.282. The predicted molar refractivity (Wildman–Crippen MR) is 121 cm³/mol. The molecule has 7 nitrogen and oxygen atoms in total. The molecular formula is C26H31NO6. The molecular weight excluding hydrogens is 422 g/mol. The Morgan fingerprint density at radius 2 is 1.67 bits per heavy atom. The van der Waals surface area contributed by atoms with Crippen LogP contribution in [0.15, 0.2) is 42.5 Å². The molecule has 1 aliphatic heterocycles. The van der Waals surface area contributed by atoms with Gasteiger partial charge in [-0.15, -0.1) is 0 Å². The summed E-state index contributed by atoms with van der Waals surface area (Å²) in [6.07, 6.45) is 0.544. The SMILES string of the molecule is N#Cc1ccc([C@@H]2OC(CO)[C@@H](O)[C@H](O)[C@H]2O)cc1Cc1ccc(OC2CCCCC2)cc1. The van der Waals surface area contributed by atoms with Crippen molar-refractivity contribution in [3.8, 4) is 11.8 Å². The average molecular weight is 454 g/mol. The second-order valence-corrected chi connectivity index (χ2v) is 8.98.